The average Bonchev–Trinajstić information content (AvgIpc) is 2.73. The standard InChI is InChI=1S/C14H29N3/c1-4-5-14(6-7-15-11-14)12-17-9-8-16(3)13(2)10-17/h13,15H,4-12H2,1-3H3. The fourth-order valence-corrected chi connectivity index (χ4v) is 3.50. The maximum absolute atomic E-state index is 3.57. The Morgan fingerprint density at radius 2 is 2.18 bits per heavy atom. The van der Waals surface area contributed by atoms with Crippen molar-refractivity contribution < 1.29 is 0 Å². The van der Waals surface area contributed by atoms with E-state index in [0.29, 0.717) is 5.41 Å². The molecule has 2 aliphatic rings. The monoisotopic (exact) mass is 239 g/mol. The van der Waals surface area contributed by atoms with Crippen molar-refractivity contribution in [2.45, 2.75) is 39.2 Å². The van der Waals surface area contributed by atoms with Gasteiger partial charge in [0, 0.05) is 38.8 Å². The zero-order chi connectivity index (χ0) is 12.3. The summed E-state index contributed by atoms with van der Waals surface area (Å²) in [6.45, 7) is 12.2. The summed E-state index contributed by atoms with van der Waals surface area (Å²) in [5, 5.41) is 3.57. The number of nitrogens with one attached hydrogen (secondary N) is 1. The second-order valence-electron chi connectivity index (χ2n) is 6.24. The molecule has 2 saturated heterocycles. The van der Waals surface area contributed by atoms with Gasteiger partial charge in [-0.2, -0.15) is 0 Å². The molecule has 0 aromatic heterocycles. The van der Waals surface area contributed by atoms with Crippen LogP contribution < -0.4 is 5.32 Å². The SMILES string of the molecule is CCCC1(CN2CCN(C)C(C)C2)CCNC1. The normalized spacial score (nSPS) is 36.5. The Morgan fingerprint density at radius 3 is 2.76 bits per heavy atom. The molecule has 0 aliphatic carbocycles. The highest BCUT2D eigenvalue weighted by atomic mass is 15.3. The highest BCUT2D eigenvalue weighted by Gasteiger charge is 2.35. The third-order valence-electron chi connectivity index (χ3n) is 4.72. The number of piperazine rings is 1. The van der Waals surface area contributed by atoms with Crippen LogP contribution in [0.2, 0.25) is 0 Å². The van der Waals surface area contributed by atoms with E-state index >= 15 is 0 Å². The Bertz CT molecular complexity index is 236. The smallest absolute Gasteiger partial charge is 0.0192 e. The van der Waals surface area contributed by atoms with E-state index in [1.807, 2.05) is 0 Å². The van der Waals surface area contributed by atoms with Gasteiger partial charge < -0.3 is 10.2 Å². The Hall–Kier alpha value is -0.120. The van der Waals surface area contributed by atoms with Gasteiger partial charge in [-0.15, -0.1) is 0 Å². The summed E-state index contributed by atoms with van der Waals surface area (Å²) in [6, 6.07) is 0.719. The first-order chi connectivity index (χ1) is 8.15. The van der Waals surface area contributed by atoms with Crippen LogP contribution in [0.25, 0.3) is 0 Å². The molecular formula is C14H29N3. The third kappa shape index (κ3) is 3.21. The highest BCUT2D eigenvalue weighted by molar-refractivity contribution is 4.91. The van der Waals surface area contributed by atoms with E-state index in [2.05, 4.69) is 36.0 Å². The lowest BCUT2D eigenvalue weighted by molar-refractivity contribution is 0.0666. The van der Waals surface area contributed by atoms with Gasteiger partial charge in [-0.05, 0) is 38.8 Å². The minimum atomic E-state index is 0.574. The Morgan fingerprint density at radius 1 is 1.35 bits per heavy atom. The van der Waals surface area contributed by atoms with Crippen molar-refractivity contribution in [1.82, 2.24) is 15.1 Å². The first kappa shape index (κ1) is 13.3. The van der Waals surface area contributed by atoms with Crippen molar-refractivity contribution in [2.75, 3.05) is 46.3 Å². The molecule has 0 saturated carbocycles. The van der Waals surface area contributed by atoms with E-state index in [4.69, 9.17) is 0 Å². The molecule has 2 fully saturated rings. The molecule has 0 aromatic carbocycles. The molecule has 0 radical (unpaired) electrons. The van der Waals surface area contributed by atoms with Crippen molar-refractivity contribution in [3.8, 4) is 0 Å². The second-order valence-corrected chi connectivity index (χ2v) is 6.24. The van der Waals surface area contributed by atoms with Gasteiger partial charge in [0.25, 0.3) is 0 Å². The summed E-state index contributed by atoms with van der Waals surface area (Å²) in [5.74, 6) is 0. The van der Waals surface area contributed by atoms with Gasteiger partial charge in [-0.1, -0.05) is 13.3 Å². The van der Waals surface area contributed by atoms with Crippen LogP contribution in [0.3, 0.4) is 0 Å². The largest absolute Gasteiger partial charge is 0.316 e. The van der Waals surface area contributed by atoms with E-state index in [0.717, 1.165) is 6.04 Å². The van der Waals surface area contributed by atoms with Crippen molar-refractivity contribution >= 4 is 0 Å². The fourth-order valence-electron chi connectivity index (χ4n) is 3.50. The van der Waals surface area contributed by atoms with Gasteiger partial charge >= 0.3 is 0 Å². The summed E-state index contributed by atoms with van der Waals surface area (Å²) in [5.41, 5.74) is 0.574. The van der Waals surface area contributed by atoms with Gasteiger partial charge in [-0.3, -0.25) is 4.90 Å². The van der Waals surface area contributed by atoms with E-state index in [-0.39, 0.29) is 0 Å². The summed E-state index contributed by atoms with van der Waals surface area (Å²) in [7, 11) is 2.25. The number of hydrogen-bond acceptors (Lipinski definition) is 3. The van der Waals surface area contributed by atoms with Crippen LogP contribution in [0.5, 0.6) is 0 Å². The van der Waals surface area contributed by atoms with Gasteiger partial charge in [0.15, 0.2) is 0 Å². The van der Waals surface area contributed by atoms with Crippen molar-refractivity contribution in [1.29, 1.82) is 0 Å². The molecule has 0 bridgehead atoms. The molecule has 2 aliphatic heterocycles. The lowest BCUT2D eigenvalue weighted by atomic mass is 9.81. The highest BCUT2D eigenvalue weighted by Crippen LogP contribution is 2.32. The van der Waals surface area contributed by atoms with Crippen LogP contribution >= 0.6 is 0 Å². The van der Waals surface area contributed by atoms with Crippen molar-refractivity contribution in [2.24, 2.45) is 5.41 Å². The number of nitrogens with zero attached hydrogens (tertiary/aromatic N) is 2. The van der Waals surface area contributed by atoms with Crippen LogP contribution in [-0.4, -0.2) is 62.2 Å². The molecule has 1 N–H and O–H groups in total. The number of rotatable bonds is 4. The summed E-state index contributed by atoms with van der Waals surface area (Å²) in [6.07, 6.45) is 4.09. The average molecular weight is 239 g/mol. The lowest BCUT2D eigenvalue weighted by Gasteiger charge is -2.42. The Balaban J connectivity index is 1.90. The first-order valence-electron chi connectivity index (χ1n) is 7.28. The quantitative estimate of drug-likeness (QED) is 0.800. The van der Waals surface area contributed by atoms with Crippen LogP contribution in [-0.2, 0) is 0 Å². The molecule has 0 spiro atoms. The summed E-state index contributed by atoms with van der Waals surface area (Å²) in [4.78, 5) is 5.18. The maximum Gasteiger partial charge on any atom is 0.0192 e. The van der Waals surface area contributed by atoms with E-state index in [1.165, 1.54) is 58.5 Å². The minimum absolute atomic E-state index is 0.574. The zero-order valence-electron chi connectivity index (χ0n) is 11.8. The molecule has 100 valence electrons. The molecule has 0 aromatic rings. The molecule has 2 rings (SSSR count). The van der Waals surface area contributed by atoms with E-state index in [1.54, 1.807) is 0 Å². The molecule has 3 heteroatoms. The molecule has 2 heterocycles. The summed E-state index contributed by atoms with van der Waals surface area (Å²) >= 11 is 0. The number of hydrogen-bond donors (Lipinski definition) is 1. The van der Waals surface area contributed by atoms with Crippen LogP contribution in [0, 0.1) is 5.41 Å². The fraction of sp³-hybridized carbons (Fsp3) is 1.00. The molecule has 0 amide bonds. The molecule has 2 atom stereocenters. The zero-order valence-corrected chi connectivity index (χ0v) is 11.8. The van der Waals surface area contributed by atoms with Crippen LogP contribution in [0.1, 0.15) is 33.1 Å². The van der Waals surface area contributed by atoms with Crippen molar-refractivity contribution in [3.63, 3.8) is 0 Å². The topological polar surface area (TPSA) is 18.5 Å². The third-order valence-corrected chi connectivity index (χ3v) is 4.72. The predicted molar refractivity (Wildman–Crippen MR) is 73.4 cm³/mol. The van der Waals surface area contributed by atoms with E-state index < -0.39 is 0 Å². The van der Waals surface area contributed by atoms with Gasteiger partial charge in [-0.25, -0.2) is 0 Å². The minimum Gasteiger partial charge on any atom is -0.316 e. The predicted octanol–water partition coefficient (Wildman–Crippen LogP) is 1.40. The molecular weight excluding hydrogens is 210 g/mol. The van der Waals surface area contributed by atoms with E-state index in [9.17, 15) is 0 Å². The molecule has 3 nitrogen and oxygen atoms in total. The lowest BCUT2D eigenvalue weighted by Crippen LogP contribution is -2.53. The number of likely N-dealkylation sites (N-methyl/N-ethyl adjacent to an activating group) is 1. The van der Waals surface area contributed by atoms with Crippen LogP contribution in [0.15, 0.2) is 0 Å². The maximum atomic E-state index is 3.57. The van der Waals surface area contributed by atoms with Gasteiger partial charge in [0.05, 0.1) is 0 Å². The Kier molecular flexibility index (Phi) is 4.45. The Labute approximate surface area is 107 Å². The van der Waals surface area contributed by atoms with Gasteiger partial charge in [0.2, 0.25) is 0 Å². The van der Waals surface area contributed by atoms with Crippen molar-refractivity contribution in [3.05, 3.63) is 0 Å². The van der Waals surface area contributed by atoms with Gasteiger partial charge in [0.1, 0.15) is 0 Å². The van der Waals surface area contributed by atoms with Crippen LogP contribution in [0.4, 0.5) is 0 Å². The second kappa shape index (κ2) is 5.68. The first-order valence-corrected chi connectivity index (χ1v) is 7.28. The summed E-state index contributed by atoms with van der Waals surface area (Å²) < 4.78 is 0. The molecule has 17 heavy (non-hydrogen) atoms. The molecule has 2 unspecified atom stereocenters.